The Kier molecular flexibility index (Phi) is 5.55. The number of carbonyl (C=O) groups is 2. The van der Waals surface area contributed by atoms with Gasteiger partial charge in [0.2, 0.25) is 5.91 Å². The summed E-state index contributed by atoms with van der Waals surface area (Å²) in [5.74, 6) is -1.19. The zero-order valence-electron chi connectivity index (χ0n) is 12.8. The van der Waals surface area contributed by atoms with Gasteiger partial charge in [0.1, 0.15) is 0 Å². The number of carboxylic acids is 1. The van der Waals surface area contributed by atoms with Gasteiger partial charge in [0.15, 0.2) is 0 Å². The highest BCUT2D eigenvalue weighted by atomic mass is 16.4. The number of hydrogen-bond donors (Lipinski definition) is 3. The summed E-state index contributed by atoms with van der Waals surface area (Å²) in [4.78, 5) is 22.6. The molecule has 0 aromatic heterocycles. The van der Waals surface area contributed by atoms with Crippen molar-refractivity contribution in [3.05, 3.63) is 35.9 Å². The fraction of sp³-hybridized carbons (Fsp3) is 0.529. The number of carbonyl (C=O) groups excluding carboxylic acids is 1. The summed E-state index contributed by atoms with van der Waals surface area (Å²) in [6.45, 7) is 0.566. The largest absolute Gasteiger partial charge is 0.481 e. The van der Waals surface area contributed by atoms with Crippen LogP contribution in [0.5, 0.6) is 0 Å². The molecule has 5 nitrogen and oxygen atoms in total. The first-order valence-electron chi connectivity index (χ1n) is 7.84. The van der Waals surface area contributed by atoms with Gasteiger partial charge in [-0.25, -0.2) is 0 Å². The first-order chi connectivity index (χ1) is 10.5. The molecule has 0 bridgehead atoms. The molecule has 1 aromatic rings. The smallest absolute Gasteiger partial charge is 0.303 e. The van der Waals surface area contributed by atoms with E-state index < -0.39 is 12.0 Å². The van der Waals surface area contributed by atoms with E-state index in [1.807, 2.05) is 18.2 Å². The van der Waals surface area contributed by atoms with Crippen molar-refractivity contribution >= 4 is 11.9 Å². The van der Waals surface area contributed by atoms with Crippen molar-refractivity contribution in [3.8, 4) is 0 Å². The van der Waals surface area contributed by atoms with Crippen molar-refractivity contribution in [2.45, 2.75) is 50.0 Å². The third-order valence-electron chi connectivity index (χ3n) is 4.55. The van der Waals surface area contributed by atoms with Crippen molar-refractivity contribution < 1.29 is 14.7 Å². The van der Waals surface area contributed by atoms with E-state index in [0.717, 1.165) is 25.7 Å². The molecule has 1 amide bonds. The van der Waals surface area contributed by atoms with Crippen molar-refractivity contribution in [1.29, 1.82) is 0 Å². The second kappa shape index (κ2) is 7.40. The molecule has 1 aliphatic carbocycles. The molecule has 120 valence electrons. The van der Waals surface area contributed by atoms with Gasteiger partial charge < -0.3 is 16.2 Å². The summed E-state index contributed by atoms with van der Waals surface area (Å²) in [7, 11) is 0. The van der Waals surface area contributed by atoms with Crippen LogP contribution in [0.2, 0.25) is 0 Å². The van der Waals surface area contributed by atoms with Crippen molar-refractivity contribution in [3.63, 3.8) is 0 Å². The first-order valence-corrected chi connectivity index (χ1v) is 7.84. The second-order valence-electron chi connectivity index (χ2n) is 6.11. The van der Waals surface area contributed by atoms with Crippen LogP contribution in [-0.4, -0.2) is 29.6 Å². The van der Waals surface area contributed by atoms with Crippen LogP contribution in [0.4, 0.5) is 0 Å². The van der Waals surface area contributed by atoms with Crippen LogP contribution in [0.15, 0.2) is 30.3 Å². The topological polar surface area (TPSA) is 92.4 Å². The zero-order valence-corrected chi connectivity index (χ0v) is 12.8. The predicted molar refractivity (Wildman–Crippen MR) is 84.4 cm³/mol. The van der Waals surface area contributed by atoms with Crippen LogP contribution >= 0.6 is 0 Å². The maximum atomic E-state index is 12.1. The maximum Gasteiger partial charge on any atom is 0.303 e. The summed E-state index contributed by atoms with van der Waals surface area (Å²) < 4.78 is 0. The Hall–Kier alpha value is -1.88. The molecule has 0 spiro atoms. The molecule has 22 heavy (non-hydrogen) atoms. The summed E-state index contributed by atoms with van der Waals surface area (Å²) >= 11 is 0. The Morgan fingerprint density at radius 2 is 1.86 bits per heavy atom. The van der Waals surface area contributed by atoms with Crippen LogP contribution in [0.3, 0.4) is 0 Å². The molecule has 5 heteroatoms. The molecule has 0 saturated heterocycles. The SMILES string of the molecule is N[C@@H](CCC(=O)O)C(=O)NCC1(c2ccccc2)CCCC1. The van der Waals surface area contributed by atoms with E-state index in [-0.39, 0.29) is 24.2 Å². The van der Waals surface area contributed by atoms with Gasteiger partial charge in [-0.15, -0.1) is 0 Å². The van der Waals surface area contributed by atoms with Gasteiger partial charge in [-0.2, -0.15) is 0 Å². The molecule has 2 rings (SSSR count). The average molecular weight is 304 g/mol. The molecule has 0 unspecified atom stereocenters. The van der Waals surface area contributed by atoms with Gasteiger partial charge in [0, 0.05) is 18.4 Å². The van der Waals surface area contributed by atoms with Gasteiger partial charge in [-0.1, -0.05) is 43.2 Å². The molecule has 0 radical (unpaired) electrons. The number of benzene rings is 1. The van der Waals surface area contributed by atoms with Gasteiger partial charge >= 0.3 is 5.97 Å². The summed E-state index contributed by atoms with van der Waals surface area (Å²) in [6.07, 6.45) is 4.52. The van der Waals surface area contributed by atoms with Crippen molar-refractivity contribution in [2.75, 3.05) is 6.54 Å². The van der Waals surface area contributed by atoms with E-state index in [2.05, 4.69) is 17.4 Å². The number of carboxylic acid groups (broad SMARTS) is 1. The molecule has 1 atom stereocenters. The fourth-order valence-corrected chi connectivity index (χ4v) is 3.21. The molecular weight excluding hydrogens is 280 g/mol. The number of nitrogens with one attached hydrogen (secondary N) is 1. The van der Waals surface area contributed by atoms with Crippen LogP contribution in [-0.2, 0) is 15.0 Å². The Morgan fingerprint density at radius 1 is 1.23 bits per heavy atom. The Bertz CT molecular complexity index is 510. The molecule has 1 aromatic carbocycles. The van der Waals surface area contributed by atoms with E-state index in [0.29, 0.717) is 6.54 Å². The number of hydrogen-bond acceptors (Lipinski definition) is 3. The molecule has 4 N–H and O–H groups in total. The Morgan fingerprint density at radius 3 is 2.45 bits per heavy atom. The van der Waals surface area contributed by atoms with Gasteiger partial charge in [-0.05, 0) is 24.8 Å². The minimum absolute atomic E-state index is 0.0105. The lowest BCUT2D eigenvalue weighted by Crippen LogP contribution is -2.46. The molecule has 1 saturated carbocycles. The van der Waals surface area contributed by atoms with E-state index in [1.165, 1.54) is 5.56 Å². The number of nitrogens with two attached hydrogens (primary N) is 1. The molecular formula is C17H24N2O3. The van der Waals surface area contributed by atoms with Crippen LogP contribution < -0.4 is 11.1 Å². The van der Waals surface area contributed by atoms with E-state index in [4.69, 9.17) is 10.8 Å². The lowest BCUT2D eigenvalue weighted by Gasteiger charge is -2.30. The maximum absolute atomic E-state index is 12.1. The van der Waals surface area contributed by atoms with E-state index >= 15 is 0 Å². The molecule has 1 fully saturated rings. The highest BCUT2D eigenvalue weighted by Crippen LogP contribution is 2.40. The van der Waals surface area contributed by atoms with Crippen LogP contribution in [0.25, 0.3) is 0 Å². The monoisotopic (exact) mass is 304 g/mol. The molecule has 0 aliphatic heterocycles. The summed E-state index contributed by atoms with van der Waals surface area (Å²) in [5, 5.41) is 11.6. The van der Waals surface area contributed by atoms with Crippen molar-refractivity contribution in [2.24, 2.45) is 5.73 Å². The quantitative estimate of drug-likeness (QED) is 0.716. The summed E-state index contributed by atoms with van der Waals surface area (Å²) in [6, 6.07) is 9.51. The van der Waals surface area contributed by atoms with E-state index in [1.54, 1.807) is 0 Å². The predicted octanol–water partition coefficient (Wildman–Crippen LogP) is 1.81. The van der Waals surface area contributed by atoms with Gasteiger partial charge in [0.25, 0.3) is 0 Å². The van der Waals surface area contributed by atoms with E-state index in [9.17, 15) is 9.59 Å². The number of amides is 1. The Balaban J connectivity index is 1.95. The van der Waals surface area contributed by atoms with Crippen LogP contribution in [0, 0.1) is 0 Å². The lowest BCUT2D eigenvalue weighted by molar-refractivity contribution is -0.137. The molecule has 0 heterocycles. The second-order valence-corrected chi connectivity index (χ2v) is 6.11. The zero-order chi connectivity index (χ0) is 16.0. The highest BCUT2D eigenvalue weighted by molar-refractivity contribution is 5.82. The standard InChI is InChI=1S/C17H24N2O3/c18-14(8-9-15(20)21)16(22)19-12-17(10-4-5-11-17)13-6-2-1-3-7-13/h1-3,6-7,14H,4-5,8-12,18H2,(H,19,22)(H,20,21)/t14-/m0/s1. The highest BCUT2D eigenvalue weighted by Gasteiger charge is 2.36. The lowest BCUT2D eigenvalue weighted by atomic mass is 9.79. The van der Waals surface area contributed by atoms with Crippen molar-refractivity contribution in [1.82, 2.24) is 5.32 Å². The fourth-order valence-electron chi connectivity index (χ4n) is 3.21. The Labute approximate surface area is 130 Å². The summed E-state index contributed by atoms with van der Waals surface area (Å²) in [5.41, 5.74) is 7.00. The third-order valence-corrected chi connectivity index (χ3v) is 4.55. The van der Waals surface area contributed by atoms with Gasteiger partial charge in [-0.3, -0.25) is 9.59 Å². The average Bonchev–Trinajstić information content (AvgIpc) is 3.01. The third kappa shape index (κ3) is 4.07. The first kappa shape index (κ1) is 16.5. The normalized spacial score (nSPS) is 17.9. The minimum Gasteiger partial charge on any atom is -0.481 e. The van der Waals surface area contributed by atoms with Gasteiger partial charge in [0.05, 0.1) is 6.04 Å². The van der Waals surface area contributed by atoms with Crippen LogP contribution in [0.1, 0.15) is 44.1 Å². The molecule has 1 aliphatic rings. The number of rotatable bonds is 7. The number of aliphatic carboxylic acids is 1. The minimum atomic E-state index is -0.931.